The first-order valence-electron chi connectivity index (χ1n) is 5.52. The van der Waals surface area contributed by atoms with Crippen molar-refractivity contribution in [1.82, 2.24) is 0 Å². The molecule has 0 amide bonds. The van der Waals surface area contributed by atoms with Gasteiger partial charge < -0.3 is 9.84 Å². The van der Waals surface area contributed by atoms with E-state index in [1.54, 1.807) is 20.8 Å². The lowest BCUT2D eigenvalue weighted by atomic mass is 9.99. The Hall–Kier alpha value is -1.26. The molecule has 0 saturated heterocycles. The maximum atomic E-state index is 11.9. The van der Waals surface area contributed by atoms with Gasteiger partial charge >= 0.3 is 11.9 Å². The second-order valence-corrected chi connectivity index (χ2v) is 5.88. The first-order valence-corrected chi connectivity index (χ1v) is 6.27. The molecule has 0 aliphatic heterocycles. The summed E-state index contributed by atoms with van der Waals surface area (Å²) in [7, 11) is 0. The molecule has 19 heavy (non-hydrogen) atoms. The number of ether oxygens (including phenoxy) is 1. The van der Waals surface area contributed by atoms with E-state index in [1.165, 1.54) is 18.2 Å². The van der Waals surface area contributed by atoms with Crippen LogP contribution in [0.5, 0.6) is 0 Å². The van der Waals surface area contributed by atoms with E-state index in [9.17, 15) is 14.7 Å². The fourth-order valence-corrected chi connectivity index (χ4v) is 2.02. The van der Waals surface area contributed by atoms with Crippen molar-refractivity contribution in [2.24, 2.45) is 0 Å². The van der Waals surface area contributed by atoms with Gasteiger partial charge in [0, 0.05) is 10.0 Å². The van der Waals surface area contributed by atoms with Gasteiger partial charge in [-0.15, -0.1) is 0 Å². The molecule has 0 bridgehead atoms. The lowest BCUT2D eigenvalue weighted by molar-refractivity contribution is -0.162. The molecule has 0 unspecified atom stereocenters. The summed E-state index contributed by atoms with van der Waals surface area (Å²) in [4.78, 5) is 23.2. The second-order valence-electron chi connectivity index (χ2n) is 5.01. The van der Waals surface area contributed by atoms with Crippen molar-refractivity contribution < 1.29 is 19.4 Å². The highest BCUT2D eigenvalue weighted by molar-refractivity contribution is 6.34. The SMILES string of the molecule is CC(C)(C)OC(=O)[C@H](C(=O)O)c1cc(Cl)cc(Cl)c1. The predicted molar refractivity (Wildman–Crippen MR) is 72.7 cm³/mol. The summed E-state index contributed by atoms with van der Waals surface area (Å²) in [5.41, 5.74) is -0.577. The lowest BCUT2D eigenvalue weighted by Gasteiger charge is -2.22. The molecule has 6 heteroatoms. The highest BCUT2D eigenvalue weighted by atomic mass is 35.5. The molecule has 0 aliphatic rings. The Bertz CT molecular complexity index is 486. The van der Waals surface area contributed by atoms with Crippen LogP contribution in [0, 0.1) is 0 Å². The van der Waals surface area contributed by atoms with Crippen LogP contribution in [-0.2, 0) is 14.3 Å². The molecule has 104 valence electrons. The molecule has 1 atom stereocenters. The number of benzene rings is 1. The summed E-state index contributed by atoms with van der Waals surface area (Å²) >= 11 is 11.6. The third kappa shape index (κ3) is 4.73. The van der Waals surface area contributed by atoms with E-state index in [2.05, 4.69) is 0 Å². The Labute approximate surface area is 121 Å². The van der Waals surface area contributed by atoms with E-state index in [0.717, 1.165) is 0 Å². The Morgan fingerprint density at radius 3 is 2.00 bits per heavy atom. The molecule has 0 aromatic heterocycles. The third-order valence-corrected chi connectivity index (χ3v) is 2.54. The highest BCUT2D eigenvalue weighted by Crippen LogP contribution is 2.27. The first kappa shape index (κ1) is 15.8. The summed E-state index contributed by atoms with van der Waals surface area (Å²) in [6.45, 7) is 4.98. The molecule has 0 aliphatic carbocycles. The van der Waals surface area contributed by atoms with Crippen LogP contribution in [0.15, 0.2) is 18.2 Å². The van der Waals surface area contributed by atoms with E-state index >= 15 is 0 Å². The maximum Gasteiger partial charge on any atom is 0.325 e. The minimum Gasteiger partial charge on any atom is -0.480 e. The molecule has 1 aromatic rings. The zero-order valence-corrected chi connectivity index (χ0v) is 12.2. The van der Waals surface area contributed by atoms with Crippen molar-refractivity contribution in [2.75, 3.05) is 0 Å². The van der Waals surface area contributed by atoms with E-state index in [4.69, 9.17) is 27.9 Å². The van der Waals surface area contributed by atoms with Crippen LogP contribution < -0.4 is 0 Å². The van der Waals surface area contributed by atoms with Crippen molar-refractivity contribution in [3.63, 3.8) is 0 Å². The number of hydrogen-bond acceptors (Lipinski definition) is 3. The second kappa shape index (κ2) is 5.80. The van der Waals surface area contributed by atoms with Crippen molar-refractivity contribution in [3.8, 4) is 0 Å². The van der Waals surface area contributed by atoms with Crippen molar-refractivity contribution >= 4 is 35.1 Å². The number of aliphatic carboxylic acids is 1. The summed E-state index contributed by atoms with van der Waals surface area (Å²) < 4.78 is 5.09. The molecule has 1 rings (SSSR count). The Morgan fingerprint density at radius 2 is 1.63 bits per heavy atom. The number of esters is 1. The molecule has 0 heterocycles. The van der Waals surface area contributed by atoms with E-state index < -0.39 is 23.5 Å². The molecule has 1 N–H and O–H groups in total. The van der Waals surface area contributed by atoms with Gasteiger partial charge in [-0.2, -0.15) is 0 Å². The number of hydrogen-bond donors (Lipinski definition) is 1. The summed E-state index contributed by atoms with van der Waals surface area (Å²) in [6.07, 6.45) is 0. The number of rotatable bonds is 3. The smallest absolute Gasteiger partial charge is 0.325 e. The topological polar surface area (TPSA) is 63.6 Å². The maximum absolute atomic E-state index is 11.9. The van der Waals surface area contributed by atoms with Crippen LogP contribution in [0.3, 0.4) is 0 Å². The number of carbonyl (C=O) groups excluding carboxylic acids is 1. The first-order chi connectivity index (χ1) is 8.60. The van der Waals surface area contributed by atoms with Crippen molar-refractivity contribution in [3.05, 3.63) is 33.8 Å². The molecular weight excluding hydrogens is 291 g/mol. The highest BCUT2D eigenvalue weighted by Gasteiger charge is 2.33. The molecule has 0 radical (unpaired) electrons. The van der Waals surface area contributed by atoms with Crippen LogP contribution in [-0.4, -0.2) is 22.6 Å². The van der Waals surface area contributed by atoms with Gasteiger partial charge in [0.2, 0.25) is 0 Å². The Balaban J connectivity index is 3.14. The number of carboxylic acid groups (broad SMARTS) is 1. The Morgan fingerprint density at radius 1 is 1.16 bits per heavy atom. The molecular formula is C13H14Cl2O4. The van der Waals surface area contributed by atoms with Crippen molar-refractivity contribution in [1.29, 1.82) is 0 Å². The summed E-state index contributed by atoms with van der Waals surface area (Å²) in [5.74, 6) is -3.61. The van der Waals surface area contributed by atoms with Gasteiger partial charge in [0.15, 0.2) is 5.92 Å². The van der Waals surface area contributed by atoms with Crippen LogP contribution in [0.4, 0.5) is 0 Å². The number of halogens is 2. The van der Waals surface area contributed by atoms with Gasteiger partial charge in [0.05, 0.1) is 0 Å². The minimum absolute atomic E-state index is 0.194. The van der Waals surface area contributed by atoms with Gasteiger partial charge in [-0.25, -0.2) is 0 Å². The Kier molecular flexibility index (Phi) is 4.82. The van der Waals surface area contributed by atoms with Crippen LogP contribution in [0.1, 0.15) is 32.3 Å². The average Bonchev–Trinajstić information content (AvgIpc) is 2.11. The van der Waals surface area contributed by atoms with E-state index in [0.29, 0.717) is 0 Å². The van der Waals surface area contributed by atoms with Crippen LogP contribution in [0.2, 0.25) is 10.0 Å². The molecule has 0 spiro atoms. The fourth-order valence-electron chi connectivity index (χ4n) is 1.48. The molecule has 4 nitrogen and oxygen atoms in total. The predicted octanol–water partition coefficient (Wildman–Crippen LogP) is 3.50. The zero-order valence-electron chi connectivity index (χ0n) is 10.7. The quantitative estimate of drug-likeness (QED) is 0.685. The lowest BCUT2D eigenvalue weighted by Crippen LogP contribution is -2.31. The molecule has 1 aromatic carbocycles. The average molecular weight is 305 g/mol. The fraction of sp³-hybridized carbons (Fsp3) is 0.385. The molecule has 0 fully saturated rings. The van der Waals surface area contributed by atoms with Gasteiger partial charge in [0.25, 0.3) is 0 Å². The van der Waals surface area contributed by atoms with Gasteiger partial charge in [0.1, 0.15) is 5.60 Å². The van der Waals surface area contributed by atoms with E-state index in [1.807, 2.05) is 0 Å². The van der Waals surface area contributed by atoms with E-state index in [-0.39, 0.29) is 15.6 Å². The standard InChI is InChI=1S/C13H14Cl2O4/c1-13(2,3)19-12(18)10(11(16)17)7-4-8(14)6-9(15)5-7/h4-6,10H,1-3H3,(H,16,17)/t10-/m0/s1. The molecule has 0 saturated carbocycles. The van der Waals surface area contributed by atoms with Crippen LogP contribution in [0.25, 0.3) is 0 Å². The monoisotopic (exact) mass is 304 g/mol. The summed E-state index contributed by atoms with van der Waals surface area (Å²) in [6, 6.07) is 4.23. The number of carboxylic acids is 1. The van der Waals surface area contributed by atoms with Crippen molar-refractivity contribution in [2.45, 2.75) is 32.3 Å². The van der Waals surface area contributed by atoms with Gasteiger partial charge in [-0.05, 0) is 44.5 Å². The van der Waals surface area contributed by atoms with Crippen LogP contribution >= 0.6 is 23.2 Å². The summed E-state index contributed by atoms with van der Waals surface area (Å²) in [5, 5.41) is 9.71. The normalized spacial score (nSPS) is 12.9. The van der Waals surface area contributed by atoms with Gasteiger partial charge in [-0.3, -0.25) is 9.59 Å². The van der Waals surface area contributed by atoms with Gasteiger partial charge in [-0.1, -0.05) is 23.2 Å². The zero-order chi connectivity index (χ0) is 14.8. The third-order valence-electron chi connectivity index (χ3n) is 2.11. The minimum atomic E-state index is -1.45. The number of carbonyl (C=O) groups is 2. The largest absolute Gasteiger partial charge is 0.480 e.